The highest BCUT2D eigenvalue weighted by Crippen LogP contribution is 2.29. The highest BCUT2D eigenvalue weighted by molar-refractivity contribution is 7.89. The van der Waals surface area contributed by atoms with Crippen LogP contribution in [0.1, 0.15) is 30.3 Å². The van der Waals surface area contributed by atoms with Crippen molar-refractivity contribution in [2.75, 3.05) is 6.54 Å². The van der Waals surface area contributed by atoms with Gasteiger partial charge in [-0.3, -0.25) is 5.10 Å². The number of sulfonamides is 1. The van der Waals surface area contributed by atoms with Crippen molar-refractivity contribution in [2.24, 2.45) is 0 Å². The monoisotopic (exact) mass is 345 g/mol. The summed E-state index contributed by atoms with van der Waals surface area (Å²) in [4.78, 5) is 0. The van der Waals surface area contributed by atoms with Gasteiger partial charge in [0.25, 0.3) is 10.0 Å². The molecule has 7 heteroatoms. The number of hydrogen-bond acceptors (Lipinski definition) is 4. The van der Waals surface area contributed by atoms with E-state index in [0.717, 1.165) is 35.2 Å². The highest BCUT2D eigenvalue weighted by atomic mass is 32.2. The topological polar surface area (TPSA) is 79.2 Å². The van der Waals surface area contributed by atoms with Gasteiger partial charge in [0.15, 0.2) is 0 Å². The molecule has 0 amide bonds. The number of hydrogen-bond donors (Lipinski definition) is 1. The Balaban J connectivity index is 1.68. The zero-order valence-electron chi connectivity index (χ0n) is 13.4. The Kier molecular flexibility index (Phi) is 3.69. The lowest BCUT2D eigenvalue weighted by Gasteiger charge is -2.25. The molecular weight excluding hydrogens is 326 g/mol. The van der Waals surface area contributed by atoms with Gasteiger partial charge in [-0.2, -0.15) is 9.40 Å². The summed E-state index contributed by atoms with van der Waals surface area (Å²) < 4.78 is 33.0. The number of benzene rings is 1. The Morgan fingerprint density at radius 3 is 2.96 bits per heavy atom. The molecule has 0 radical (unpaired) electrons. The third kappa shape index (κ3) is 2.44. The van der Waals surface area contributed by atoms with E-state index < -0.39 is 10.0 Å². The van der Waals surface area contributed by atoms with Crippen LogP contribution in [0.15, 0.2) is 39.8 Å². The highest BCUT2D eigenvalue weighted by Gasteiger charge is 2.33. The van der Waals surface area contributed by atoms with Gasteiger partial charge in [-0.25, -0.2) is 8.42 Å². The fourth-order valence-corrected chi connectivity index (χ4v) is 4.55. The number of aromatic nitrogens is 2. The molecule has 0 bridgehead atoms. The minimum atomic E-state index is -3.65. The molecule has 1 aliphatic heterocycles. The number of aryl methyl sites for hydroxylation is 1. The normalized spacial score (nSPS) is 15.7. The quantitative estimate of drug-likeness (QED) is 0.788. The lowest BCUT2D eigenvalue weighted by molar-refractivity contribution is 0.369. The van der Waals surface area contributed by atoms with E-state index in [9.17, 15) is 8.42 Å². The van der Waals surface area contributed by atoms with Crippen LogP contribution < -0.4 is 0 Å². The molecule has 1 aliphatic rings. The third-order valence-electron chi connectivity index (χ3n) is 4.47. The molecule has 0 spiro atoms. The number of fused-ring (bicyclic) bond motifs is 2. The largest absolute Gasteiger partial charge is 0.443 e. The minimum absolute atomic E-state index is 0.00712. The molecule has 4 rings (SSSR count). The van der Waals surface area contributed by atoms with Crippen LogP contribution in [0.5, 0.6) is 0 Å². The van der Waals surface area contributed by atoms with E-state index in [1.807, 2.05) is 18.2 Å². The van der Waals surface area contributed by atoms with Gasteiger partial charge in [0.1, 0.15) is 5.58 Å². The van der Waals surface area contributed by atoms with Crippen LogP contribution in [0.3, 0.4) is 0 Å². The van der Waals surface area contributed by atoms with Gasteiger partial charge in [0, 0.05) is 42.2 Å². The Morgan fingerprint density at radius 1 is 1.33 bits per heavy atom. The van der Waals surface area contributed by atoms with E-state index in [-0.39, 0.29) is 5.09 Å². The zero-order chi connectivity index (χ0) is 16.7. The number of H-pyrrole nitrogens is 1. The van der Waals surface area contributed by atoms with E-state index in [2.05, 4.69) is 17.1 Å². The van der Waals surface area contributed by atoms with Gasteiger partial charge in [0.05, 0.1) is 5.69 Å². The van der Waals surface area contributed by atoms with Crippen LogP contribution in [-0.2, 0) is 29.4 Å². The summed E-state index contributed by atoms with van der Waals surface area (Å²) in [5.74, 6) is 0. The van der Waals surface area contributed by atoms with Crippen molar-refractivity contribution >= 4 is 21.0 Å². The number of furan rings is 1. The zero-order valence-corrected chi connectivity index (χ0v) is 14.3. The fourth-order valence-electron chi connectivity index (χ4n) is 3.19. The smallest absolute Gasteiger partial charge is 0.276 e. The van der Waals surface area contributed by atoms with Gasteiger partial charge in [-0.15, -0.1) is 0 Å². The predicted molar refractivity (Wildman–Crippen MR) is 90.1 cm³/mol. The maximum Gasteiger partial charge on any atom is 0.276 e. The minimum Gasteiger partial charge on any atom is -0.443 e. The standard InChI is InChI=1S/C17H19N3O3S/c1-2-5-14-13-11-20(9-8-15(13)19-18-14)24(21,22)17-10-12-6-3-4-7-16(12)23-17/h3-4,6-7,10H,2,5,8-9,11H2,1H3,(H,18,19). The van der Waals surface area contributed by atoms with Gasteiger partial charge >= 0.3 is 0 Å². The summed E-state index contributed by atoms with van der Waals surface area (Å²) in [5.41, 5.74) is 3.62. The van der Waals surface area contributed by atoms with Crippen molar-refractivity contribution in [3.8, 4) is 0 Å². The molecule has 3 heterocycles. The van der Waals surface area contributed by atoms with Gasteiger partial charge in [-0.05, 0) is 12.5 Å². The summed E-state index contributed by atoms with van der Waals surface area (Å²) in [6.07, 6.45) is 2.48. The molecule has 0 unspecified atom stereocenters. The van der Waals surface area contributed by atoms with Gasteiger partial charge in [-0.1, -0.05) is 31.5 Å². The van der Waals surface area contributed by atoms with Crippen molar-refractivity contribution in [1.29, 1.82) is 0 Å². The maximum absolute atomic E-state index is 13.0. The summed E-state index contributed by atoms with van der Waals surface area (Å²) >= 11 is 0. The van der Waals surface area contributed by atoms with E-state index in [0.29, 0.717) is 25.1 Å². The van der Waals surface area contributed by atoms with Gasteiger partial charge < -0.3 is 4.42 Å². The fraction of sp³-hybridized carbons (Fsp3) is 0.353. The van der Waals surface area contributed by atoms with Crippen molar-refractivity contribution in [2.45, 2.75) is 37.8 Å². The number of aromatic amines is 1. The second-order valence-electron chi connectivity index (χ2n) is 6.07. The molecule has 6 nitrogen and oxygen atoms in total. The molecule has 3 aromatic rings. The SMILES string of the molecule is CCCc1n[nH]c2c1CN(S(=O)(=O)c1cc3ccccc3o1)CC2. The lowest BCUT2D eigenvalue weighted by atomic mass is 10.0. The molecule has 1 N–H and O–H groups in total. The van der Waals surface area contributed by atoms with Crippen LogP contribution >= 0.6 is 0 Å². The van der Waals surface area contributed by atoms with E-state index in [1.54, 1.807) is 12.1 Å². The summed E-state index contributed by atoms with van der Waals surface area (Å²) in [6.45, 7) is 2.87. The number of para-hydroxylation sites is 1. The average molecular weight is 345 g/mol. The van der Waals surface area contributed by atoms with E-state index in [4.69, 9.17) is 4.42 Å². The Morgan fingerprint density at radius 2 is 2.17 bits per heavy atom. The van der Waals surface area contributed by atoms with Gasteiger partial charge in [0.2, 0.25) is 5.09 Å². The van der Waals surface area contributed by atoms with Crippen LogP contribution in [0.4, 0.5) is 0 Å². The lowest BCUT2D eigenvalue weighted by Crippen LogP contribution is -2.35. The molecule has 24 heavy (non-hydrogen) atoms. The van der Waals surface area contributed by atoms with E-state index in [1.165, 1.54) is 4.31 Å². The van der Waals surface area contributed by atoms with Crippen molar-refractivity contribution in [1.82, 2.24) is 14.5 Å². The first-order valence-electron chi connectivity index (χ1n) is 8.13. The first-order valence-corrected chi connectivity index (χ1v) is 9.57. The number of nitrogens with zero attached hydrogens (tertiary/aromatic N) is 2. The summed E-state index contributed by atoms with van der Waals surface area (Å²) in [6, 6.07) is 8.92. The Hall–Kier alpha value is -2.12. The Bertz CT molecular complexity index is 955. The van der Waals surface area contributed by atoms with Crippen molar-refractivity contribution < 1.29 is 12.8 Å². The molecule has 0 fully saturated rings. The van der Waals surface area contributed by atoms with Crippen molar-refractivity contribution in [3.63, 3.8) is 0 Å². The molecule has 1 aromatic carbocycles. The molecule has 0 saturated carbocycles. The first-order chi connectivity index (χ1) is 11.6. The second kappa shape index (κ2) is 5.75. The van der Waals surface area contributed by atoms with Crippen LogP contribution in [0.2, 0.25) is 0 Å². The molecule has 126 valence electrons. The number of nitrogens with one attached hydrogen (secondary N) is 1. The molecule has 2 aromatic heterocycles. The van der Waals surface area contributed by atoms with Crippen molar-refractivity contribution in [3.05, 3.63) is 47.3 Å². The van der Waals surface area contributed by atoms with Crippen LogP contribution in [-0.4, -0.2) is 29.5 Å². The predicted octanol–water partition coefficient (Wildman–Crippen LogP) is 2.86. The number of rotatable bonds is 4. The molecule has 0 aliphatic carbocycles. The summed E-state index contributed by atoms with van der Waals surface area (Å²) in [5, 5.41) is 8.19. The molecule has 0 saturated heterocycles. The second-order valence-corrected chi connectivity index (χ2v) is 7.94. The molecular formula is C17H19N3O3S. The van der Waals surface area contributed by atoms with E-state index >= 15 is 0 Å². The van der Waals surface area contributed by atoms with Crippen LogP contribution in [0, 0.1) is 0 Å². The molecule has 0 atom stereocenters. The van der Waals surface area contributed by atoms with Crippen LogP contribution in [0.25, 0.3) is 11.0 Å². The maximum atomic E-state index is 13.0. The Labute approximate surface area is 140 Å². The first kappa shape index (κ1) is 15.4. The third-order valence-corrected chi connectivity index (χ3v) is 6.17. The average Bonchev–Trinajstić information content (AvgIpc) is 3.19. The summed E-state index contributed by atoms with van der Waals surface area (Å²) in [7, 11) is -3.65.